The van der Waals surface area contributed by atoms with Crippen LogP contribution in [0.3, 0.4) is 0 Å². The van der Waals surface area contributed by atoms with E-state index in [4.69, 9.17) is 21.3 Å². The second-order valence-corrected chi connectivity index (χ2v) is 4.57. The van der Waals surface area contributed by atoms with E-state index in [1.807, 2.05) is 0 Å². The van der Waals surface area contributed by atoms with Crippen LogP contribution in [-0.2, 0) is 4.79 Å². The SMILES string of the molecule is CC(C)(Oc1cccc(NC(N)=O)c1NC(N)=O)C(=O)O. The van der Waals surface area contributed by atoms with Crippen LogP contribution in [0.25, 0.3) is 0 Å². The first-order valence-electron chi connectivity index (χ1n) is 5.82. The van der Waals surface area contributed by atoms with Crippen LogP contribution in [0.4, 0.5) is 21.0 Å². The second kappa shape index (κ2) is 5.99. The van der Waals surface area contributed by atoms with Crippen molar-refractivity contribution < 1.29 is 24.2 Å². The highest BCUT2D eigenvalue weighted by molar-refractivity contribution is 5.99. The van der Waals surface area contributed by atoms with Crippen molar-refractivity contribution in [1.29, 1.82) is 0 Å². The number of nitrogens with two attached hydrogens (primary N) is 2. The third kappa shape index (κ3) is 4.27. The number of anilines is 2. The lowest BCUT2D eigenvalue weighted by Gasteiger charge is -2.24. The number of carboxylic acid groups (broad SMARTS) is 1. The number of hydrogen-bond acceptors (Lipinski definition) is 4. The molecule has 0 saturated heterocycles. The Balaban J connectivity index is 3.27. The standard InChI is InChI=1S/C12H16N4O5/c1-12(2,9(17)18)21-7-5-3-4-6(15-10(13)19)8(7)16-11(14)20/h3-5H,1-2H3,(H,17,18)(H3,13,15,19)(H3,14,16,20). The van der Waals surface area contributed by atoms with Gasteiger partial charge in [-0.1, -0.05) is 6.07 Å². The summed E-state index contributed by atoms with van der Waals surface area (Å²) in [6.45, 7) is 2.66. The predicted molar refractivity (Wildman–Crippen MR) is 75.2 cm³/mol. The van der Waals surface area contributed by atoms with Crippen molar-refractivity contribution in [3.63, 3.8) is 0 Å². The van der Waals surface area contributed by atoms with Gasteiger partial charge in [0, 0.05) is 0 Å². The molecule has 0 aliphatic rings. The van der Waals surface area contributed by atoms with Crippen molar-refractivity contribution in [3.8, 4) is 5.75 Å². The van der Waals surface area contributed by atoms with Gasteiger partial charge in [0.25, 0.3) is 0 Å². The van der Waals surface area contributed by atoms with Crippen molar-refractivity contribution in [1.82, 2.24) is 0 Å². The van der Waals surface area contributed by atoms with Crippen molar-refractivity contribution in [2.24, 2.45) is 11.5 Å². The predicted octanol–water partition coefficient (Wildman–Crippen LogP) is 0.910. The van der Waals surface area contributed by atoms with Crippen molar-refractivity contribution in [2.45, 2.75) is 19.4 Å². The molecule has 0 unspecified atom stereocenters. The quantitative estimate of drug-likeness (QED) is 0.545. The number of primary amides is 2. The summed E-state index contributed by atoms with van der Waals surface area (Å²) in [7, 11) is 0. The Morgan fingerprint density at radius 2 is 1.71 bits per heavy atom. The molecule has 0 spiro atoms. The number of carbonyl (C=O) groups excluding carboxylic acids is 2. The average molecular weight is 296 g/mol. The van der Waals surface area contributed by atoms with E-state index < -0.39 is 23.6 Å². The molecule has 0 fully saturated rings. The summed E-state index contributed by atoms with van der Waals surface area (Å²) in [6, 6.07) is 2.58. The number of rotatable bonds is 5. The van der Waals surface area contributed by atoms with E-state index >= 15 is 0 Å². The Morgan fingerprint density at radius 3 is 2.19 bits per heavy atom. The van der Waals surface area contributed by atoms with Crippen molar-refractivity contribution >= 4 is 29.4 Å². The minimum Gasteiger partial charge on any atom is -0.478 e. The largest absolute Gasteiger partial charge is 0.478 e. The highest BCUT2D eigenvalue weighted by atomic mass is 16.5. The molecule has 0 saturated carbocycles. The number of amides is 4. The highest BCUT2D eigenvalue weighted by Gasteiger charge is 2.31. The zero-order valence-corrected chi connectivity index (χ0v) is 11.5. The molecule has 1 rings (SSSR count). The lowest BCUT2D eigenvalue weighted by molar-refractivity contribution is -0.152. The summed E-state index contributed by atoms with van der Waals surface area (Å²) in [5.74, 6) is -1.19. The Bertz CT molecular complexity index is 585. The molecule has 0 aliphatic heterocycles. The molecular weight excluding hydrogens is 280 g/mol. The van der Waals surface area contributed by atoms with Crippen LogP contribution in [-0.4, -0.2) is 28.7 Å². The number of carbonyl (C=O) groups is 3. The van der Waals surface area contributed by atoms with Gasteiger partial charge < -0.3 is 31.9 Å². The first-order chi connectivity index (χ1) is 9.63. The maximum absolute atomic E-state index is 11.1. The fourth-order valence-corrected chi connectivity index (χ4v) is 1.42. The smallest absolute Gasteiger partial charge is 0.347 e. The third-order valence-electron chi connectivity index (χ3n) is 2.41. The van der Waals surface area contributed by atoms with Crippen LogP contribution >= 0.6 is 0 Å². The van der Waals surface area contributed by atoms with Gasteiger partial charge in [0.1, 0.15) is 11.4 Å². The minimum absolute atomic E-state index is 0.0122. The van der Waals surface area contributed by atoms with Gasteiger partial charge in [-0.3, -0.25) is 0 Å². The van der Waals surface area contributed by atoms with Crippen LogP contribution in [0.5, 0.6) is 5.75 Å². The maximum Gasteiger partial charge on any atom is 0.347 e. The molecule has 1 aromatic carbocycles. The molecule has 0 bridgehead atoms. The molecule has 4 amide bonds. The van der Waals surface area contributed by atoms with Gasteiger partial charge in [0.2, 0.25) is 0 Å². The van der Waals surface area contributed by atoms with E-state index in [0.29, 0.717) is 0 Å². The number of benzene rings is 1. The molecule has 0 radical (unpaired) electrons. The number of aliphatic carboxylic acids is 1. The monoisotopic (exact) mass is 296 g/mol. The van der Waals surface area contributed by atoms with Gasteiger partial charge in [0.15, 0.2) is 5.60 Å². The van der Waals surface area contributed by atoms with Crippen LogP contribution in [0.1, 0.15) is 13.8 Å². The number of carboxylic acids is 1. The second-order valence-electron chi connectivity index (χ2n) is 4.57. The Hall–Kier alpha value is -2.97. The zero-order chi connectivity index (χ0) is 16.2. The van der Waals surface area contributed by atoms with Gasteiger partial charge >= 0.3 is 18.0 Å². The lowest BCUT2D eigenvalue weighted by Crippen LogP contribution is -2.38. The van der Waals surface area contributed by atoms with E-state index in [1.54, 1.807) is 0 Å². The fraction of sp³-hybridized carbons (Fsp3) is 0.250. The number of ether oxygens (including phenoxy) is 1. The summed E-state index contributed by atoms with van der Waals surface area (Å²) in [5, 5.41) is 13.6. The van der Waals surface area contributed by atoms with Gasteiger partial charge in [-0.2, -0.15) is 0 Å². The van der Waals surface area contributed by atoms with Crippen LogP contribution < -0.4 is 26.8 Å². The minimum atomic E-state index is -1.56. The molecule has 9 heteroatoms. The Morgan fingerprint density at radius 1 is 1.14 bits per heavy atom. The zero-order valence-electron chi connectivity index (χ0n) is 11.5. The van der Waals surface area contributed by atoms with Crippen LogP contribution in [0.2, 0.25) is 0 Å². The molecule has 0 aliphatic carbocycles. The summed E-state index contributed by atoms with van der Waals surface area (Å²) in [5.41, 5.74) is 8.65. The van der Waals surface area contributed by atoms with Crippen LogP contribution in [0, 0.1) is 0 Å². The summed E-state index contributed by atoms with van der Waals surface area (Å²) in [4.78, 5) is 33.1. The Labute approximate surface area is 120 Å². The van der Waals surface area contributed by atoms with Crippen molar-refractivity contribution in [2.75, 3.05) is 10.6 Å². The molecule has 1 aromatic rings. The van der Waals surface area contributed by atoms with Gasteiger partial charge in [-0.05, 0) is 26.0 Å². The van der Waals surface area contributed by atoms with Crippen LogP contribution in [0.15, 0.2) is 18.2 Å². The third-order valence-corrected chi connectivity index (χ3v) is 2.41. The average Bonchev–Trinajstić information content (AvgIpc) is 2.31. The molecule has 114 valence electrons. The van der Waals surface area contributed by atoms with Crippen molar-refractivity contribution in [3.05, 3.63) is 18.2 Å². The molecule has 21 heavy (non-hydrogen) atoms. The maximum atomic E-state index is 11.1. The summed E-state index contributed by atoms with van der Waals surface area (Å²) < 4.78 is 5.36. The number of para-hydroxylation sites is 1. The normalized spacial score (nSPS) is 10.6. The molecule has 0 heterocycles. The first kappa shape index (κ1) is 16.1. The first-order valence-corrected chi connectivity index (χ1v) is 5.82. The Kier molecular flexibility index (Phi) is 4.59. The van der Waals surface area contributed by atoms with Gasteiger partial charge in [-0.15, -0.1) is 0 Å². The molecule has 0 aromatic heterocycles. The molecule has 7 N–H and O–H groups in total. The highest BCUT2D eigenvalue weighted by Crippen LogP contribution is 2.34. The van der Waals surface area contributed by atoms with Gasteiger partial charge in [0.05, 0.1) is 5.69 Å². The van der Waals surface area contributed by atoms with Gasteiger partial charge in [-0.25, -0.2) is 14.4 Å². The molecule has 0 atom stereocenters. The molecule has 9 nitrogen and oxygen atoms in total. The number of urea groups is 2. The summed E-state index contributed by atoms with van der Waals surface area (Å²) >= 11 is 0. The molecular formula is C12H16N4O5. The topological polar surface area (TPSA) is 157 Å². The van der Waals surface area contributed by atoms with E-state index in [2.05, 4.69) is 10.6 Å². The van der Waals surface area contributed by atoms with E-state index in [9.17, 15) is 14.4 Å². The number of nitrogens with one attached hydrogen (secondary N) is 2. The van der Waals surface area contributed by atoms with E-state index in [-0.39, 0.29) is 17.1 Å². The number of hydrogen-bond donors (Lipinski definition) is 5. The fourth-order valence-electron chi connectivity index (χ4n) is 1.42. The summed E-state index contributed by atoms with van der Waals surface area (Å²) in [6.07, 6.45) is 0. The van der Waals surface area contributed by atoms with E-state index in [0.717, 1.165) is 0 Å². The van der Waals surface area contributed by atoms with E-state index in [1.165, 1.54) is 32.0 Å². The lowest BCUT2D eigenvalue weighted by atomic mass is 10.1.